The minimum absolute atomic E-state index is 0.0391. The average Bonchev–Trinajstić information content (AvgIpc) is 2.36. The molecule has 2 amide bonds. The lowest BCUT2D eigenvalue weighted by atomic mass is 10.2. The molecule has 1 aliphatic heterocycles. The number of para-hydroxylation sites is 2. The van der Waals surface area contributed by atoms with E-state index >= 15 is 0 Å². The number of nitrogens with one attached hydrogen (secondary N) is 1. The molecule has 0 spiro atoms. The number of rotatable bonds is 3. The van der Waals surface area contributed by atoms with E-state index in [4.69, 9.17) is 4.74 Å². The molecule has 1 N–H and O–H groups in total. The second-order valence-electron chi connectivity index (χ2n) is 4.76. The maximum Gasteiger partial charge on any atom is 0.236 e. The Morgan fingerprint density at radius 3 is 2.84 bits per heavy atom. The minimum atomic E-state index is -0.246. The Morgan fingerprint density at radius 1 is 1.37 bits per heavy atom. The predicted octanol–water partition coefficient (Wildman–Crippen LogP) is 1.33. The summed E-state index contributed by atoms with van der Waals surface area (Å²) >= 11 is 0. The van der Waals surface area contributed by atoms with Crippen LogP contribution in [0, 0.1) is 0 Å². The molecule has 0 fully saturated rings. The highest BCUT2D eigenvalue weighted by molar-refractivity contribution is 6.05. The summed E-state index contributed by atoms with van der Waals surface area (Å²) in [7, 11) is 0. The molecular weight excluding hydrogens is 244 g/mol. The lowest BCUT2D eigenvalue weighted by Crippen LogP contribution is -2.41. The van der Waals surface area contributed by atoms with Crippen LogP contribution in [0.15, 0.2) is 24.3 Å². The average molecular weight is 262 g/mol. The van der Waals surface area contributed by atoms with Gasteiger partial charge in [0.2, 0.25) is 11.8 Å². The fraction of sp³-hybridized carbons (Fsp3) is 0.429. The van der Waals surface area contributed by atoms with Crippen molar-refractivity contribution in [1.29, 1.82) is 0 Å². The topological polar surface area (TPSA) is 58.6 Å². The van der Waals surface area contributed by atoms with Gasteiger partial charge in [-0.25, -0.2) is 0 Å². The summed E-state index contributed by atoms with van der Waals surface area (Å²) in [6, 6.07) is 7.40. The summed E-state index contributed by atoms with van der Waals surface area (Å²) in [4.78, 5) is 25.4. The SMILES string of the molecule is CC(C)NC(=O)CC(=O)N1CCOc2ccccc21. The van der Waals surface area contributed by atoms with Crippen LogP contribution in [-0.2, 0) is 9.59 Å². The largest absolute Gasteiger partial charge is 0.490 e. The van der Waals surface area contributed by atoms with Crippen molar-refractivity contribution < 1.29 is 14.3 Å². The van der Waals surface area contributed by atoms with E-state index in [1.807, 2.05) is 38.1 Å². The molecule has 0 saturated heterocycles. The Kier molecular flexibility index (Phi) is 4.04. The molecule has 0 saturated carbocycles. The van der Waals surface area contributed by atoms with E-state index in [-0.39, 0.29) is 24.3 Å². The lowest BCUT2D eigenvalue weighted by molar-refractivity contribution is -0.128. The van der Waals surface area contributed by atoms with Gasteiger partial charge in [-0.1, -0.05) is 12.1 Å². The van der Waals surface area contributed by atoms with Gasteiger partial charge >= 0.3 is 0 Å². The summed E-state index contributed by atoms with van der Waals surface area (Å²) in [5.74, 6) is 0.240. The van der Waals surface area contributed by atoms with Crippen LogP contribution in [0.5, 0.6) is 5.75 Å². The van der Waals surface area contributed by atoms with Gasteiger partial charge in [-0.05, 0) is 26.0 Å². The molecule has 1 aliphatic rings. The summed E-state index contributed by atoms with van der Waals surface area (Å²) in [5, 5.41) is 2.72. The number of amides is 2. The first-order chi connectivity index (χ1) is 9.08. The van der Waals surface area contributed by atoms with Gasteiger partial charge in [0.05, 0.1) is 12.2 Å². The number of hydrogen-bond donors (Lipinski definition) is 1. The Labute approximate surface area is 112 Å². The molecule has 0 aromatic heterocycles. The number of carbonyl (C=O) groups excluding carboxylic acids is 2. The molecule has 1 heterocycles. The van der Waals surface area contributed by atoms with Gasteiger partial charge < -0.3 is 15.0 Å². The summed E-state index contributed by atoms with van der Waals surface area (Å²) in [6.45, 7) is 4.66. The number of anilines is 1. The van der Waals surface area contributed by atoms with E-state index in [1.165, 1.54) is 0 Å². The van der Waals surface area contributed by atoms with Crippen LogP contribution < -0.4 is 15.0 Å². The van der Waals surface area contributed by atoms with Gasteiger partial charge in [0.25, 0.3) is 0 Å². The molecule has 0 aliphatic carbocycles. The van der Waals surface area contributed by atoms with E-state index in [2.05, 4.69) is 5.32 Å². The van der Waals surface area contributed by atoms with Crippen molar-refractivity contribution in [2.75, 3.05) is 18.1 Å². The van der Waals surface area contributed by atoms with Crippen LogP contribution in [0.2, 0.25) is 0 Å². The zero-order chi connectivity index (χ0) is 13.8. The zero-order valence-corrected chi connectivity index (χ0v) is 11.2. The molecule has 0 atom stereocenters. The highest BCUT2D eigenvalue weighted by atomic mass is 16.5. The fourth-order valence-electron chi connectivity index (χ4n) is 2.03. The van der Waals surface area contributed by atoms with Gasteiger partial charge in [0, 0.05) is 6.04 Å². The first kappa shape index (κ1) is 13.4. The maximum atomic E-state index is 12.2. The van der Waals surface area contributed by atoms with Crippen molar-refractivity contribution in [1.82, 2.24) is 5.32 Å². The Hall–Kier alpha value is -2.04. The molecule has 0 bridgehead atoms. The summed E-state index contributed by atoms with van der Waals surface area (Å²) in [6.07, 6.45) is -0.132. The fourth-order valence-corrected chi connectivity index (χ4v) is 2.03. The third kappa shape index (κ3) is 3.24. The quantitative estimate of drug-likeness (QED) is 0.836. The first-order valence-corrected chi connectivity index (χ1v) is 6.39. The number of nitrogens with zero attached hydrogens (tertiary/aromatic N) is 1. The molecule has 102 valence electrons. The van der Waals surface area contributed by atoms with Gasteiger partial charge in [0.15, 0.2) is 0 Å². The standard InChI is InChI=1S/C14H18N2O3/c1-10(2)15-13(17)9-14(18)16-7-8-19-12-6-4-3-5-11(12)16/h3-6,10H,7-9H2,1-2H3,(H,15,17). The monoisotopic (exact) mass is 262 g/mol. The maximum absolute atomic E-state index is 12.2. The van der Waals surface area contributed by atoms with E-state index in [0.29, 0.717) is 18.9 Å². The van der Waals surface area contributed by atoms with Crippen molar-refractivity contribution in [2.24, 2.45) is 0 Å². The third-order valence-corrected chi connectivity index (χ3v) is 2.79. The van der Waals surface area contributed by atoms with Crippen LogP contribution in [0.3, 0.4) is 0 Å². The van der Waals surface area contributed by atoms with Crippen LogP contribution in [0.1, 0.15) is 20.3 Å². The predicted molar refractivity (Wildman–Crippen MR) is 72.2 cm³/mol. The molecule has 0 radical (unpaired) electrons. The van der Waals surface area contributed by atoms with Crippen LogP contribution in [-0.4, -0.2) is 31.0 Å². The van der Waals surface area contributed by atoms with E-state index in [0.717, 1.165) is 5.69 Å². The zero-order valence-electron chi connectivity index (χ0n) is 11.2. The molecule has 1 aromatic rings. The molecule has 2 rings (SSSR count). The van der Waals surface area contributed by atoms with Gasteiger partial charge in [-0.2, -0.15) is 0 Å². The Balaban J connectivity index is 2.07. The van der Waals surface area contributed by atoms with Crippen LogP contribution in [0.25, 0.3) is 0 Å². The molecule has 0 unspecified atom stereocenters. The number of benzene rings is 1. The second kappa shape index (κ2) is 5.73. The van der Waals surface area contributed by atoms with E-state index in [1.54, 1.807) is 4.90 Å². The molecular formula is C14H18N2O3. The normalized spacial score (nSPS) is 13.7. The van der Waals surface area contributed by atoms with Crippen molar-refractivity contribution in [3.05, 3.63) is 24.3 Å². The summed E-state index contributed by atoms with van der Waals surface area (Å²) < 4.78 is 5.48. The van der Waals surface area contributed by atoms with E-state index < -0.39 is 0 Å². The number of ether oxygens (including phenoxy) is 1. The molecule has 5 heteroatoms. The lowest BCUT2D eigenvalue weighted by Gasteiger charge is -2.29. The van der Waals surface area contributed by atoms with Gasteiger partial charge in [-0.15, -0.1) is 0 Å². The van der Waals surface area contributed by atoms with Crippen molar-refractivity contribution >= 4 is 17.5 Å². The second-order valence-corrected chi connectivity index (χ2v) is 4.76. The molecule has 1 aromatic carbocycles. The minimum Gasteiger partial charge on any atom is -0.490 e. The Morgan fingerprint density at radius 2 is 2.11 bits per heavy atom. The number of hydrogen-bond acceptors (Lipinski definition) is 3. The third-order valence-electron chi connectivity index (χ3n) is 2.79. The summed E-state index contributed by atoms with van der Waals surface area (Å²) in [5.41, 5.74) is 0.732. The van der Waals surface area contributed by atoms with Crippen LogP contribution in [0.4, 0.5) is 5.69 Å². The number of fused-ring (bicyclic) bond motifs is 1. The Bertz CT molecular complexity index is 485. The van der Waals surface area contributed by atoms with E-state index in [9.17, 15) is 9.59 Å². The first-order valence-electron chi connectivity index (χ1n) is 6.39. The molecule has 5 nitrogen and oxygen atoms in total. The van der Waals surface area contributed by atoms with Crippen LogP contribution >= 0.6 is 0 Å². The highest BCUT2D eigenvalue weighted by Crippen LogP contribution is 2.31. The van der Waals surface area contributed by atoms with Gasteiger partial charge in [0.1, 0.15) is 18.8 Å². The number of carbonyl (C=O) groups is 2. The molecule has 19 heavy (non-hydrogen) atoms. The highest BCUT2D eigenvalue weighted by Gasteiger charge is 2.24. The van der Waals surface area contributed by atoms with Gasteiger partial charge in [-0.3, -0.25) is 9.59 Å². The van der Waals surface area contributed by atoms with Crippen molar-refractivity contribution in [3.63, 3.8) is 0 Å². The van der Waals surface area contributed by atoms with Crippen molar-refractivity contribution in [3.8, 4) is 5.75 Å². The van der Waals surface area contributed by atoms with Crippen molar-refractivity contribution in [2.45, 2.75) is 26.3 Å². The smallest absolute Gasteiger partial charge is 0.236 e.